The van der Waals surface area contributed by atoms with Gasteiger partial charge in [-0.05, 0) is 32.0 Å². The zero-order valence-electron chi connectivity index (χ0n) is 11.9. The Balaban J connectivity index is 2.12. The van der Waals surface area contributed by atoms with Gasteiger partial charge in [0.25, 0.3) is 0 Å². The van der Waals surface area contributed by atoms with E-state index in [0.29, 0.717) is 11.6 Å². The van der Waals surface area contributed by atoms with Crippen LogP contribution in [-0.2, 0) is 11.3 Å². The summed E-state index contributed by atoms with van der Waals surface area (Å²) in [6, 6.07) is 2.00. The Morgan fingerprint density at radius 2 is 2.32 bits per heavy atom. The van der Waals surface area contributed by atoms with Crippen molar-refractivity contribution in [1.29, 1.82) is 0 Å². The fourth-order valence-corrected chi connectivity index (χ4v) is 2.57. The van der Waals surface area contributed by atoms with Gasteiger partial charge in [-0.3, -0.25) is 0 Å². The van der Waals surface area contributed by atoms with Gasteiger partial charge in [0, 0.05) is 25.8 Å². The molecule has 1 aromatic rings. The number of nitrogens with zero attached hydrogens (tertiary/aromatic N) is 2. The average Bonchev–Trinajstić information content (AvgIpc) is 2.35. The molecule has 4 nitrogen and oxygen atoms in total. The third-order valence-corrected chi connectivity index (χ3v) is 3.46. The van der Waals surface area contributed by atoms with Crippen LogP contribution in [0.4, 0.5) is 5.82 Å². The quantitative estimate of drug-likeness (QED) is 0.921. The van der Waals surface area contributed by atoms with Crippen LogP contribution in [0.2, 0.25) is 5.02 Å². The first kappa shape index (κ1) is 14.6. The van der Waals surface area contributed by atoms with Crippen LogP contribution in [0.25, 0.3) is 0 Å². The van der Waals surface area contributed by atoms with Crippen molar-refractivity contribution in [2.45, 2.75) is 32.9 Å². The summed E-state index contributed by atoms with van der Waals surface area (Å²) >= 11 is 6.36. The van der Waals surface area contributed by atoms with Gasteiger partial charge in [-0.2, -0.15) is 0 Å². The van der Waals surface area contributed by atoms with Gasteiger partial charge in [-0.1, -0.05) is 18.5 Å². The molecule has 1 saturated heterocycles. The SMILES string of the molecule is CCNCc1cnc(N2CCOC(C)(C)C2)c(Cl)c1. The highest BCUT2D eigenvalue weighted by molar-refractivity contribution is 6.33. The zero-order chi connectivity index (χ0) is 13.9. The average molecular weight is 284 g/mol. The minimum Gasteiger partial charge on any atom is -0.372 e. The maximum absolute atomic E-state index is 6.36. The Kier molecular flexibility index (Phi) is 4.66. The van der Waals surface area contributed by atoms with Crippen LogP contribution in [0.3, 0.4) is 0 Å². The number of hydrogen-bond acceptors (Lipinski definition) is 4. The van der Waals surface area contributed by atoms with E-state index in [1.807, 2.05) is 12.3 Å². The van der Waals surface area contributed by atoms with Crippen molar-refractivity contribution in [1.82, 2.24) is 10.3 Å². The number of hydrogen-bond donors (Lipinski definition) is 1. The highest BCUT2D eigenvalue weighted by atomic mass is 35.5. The molecule has 1 aliphatic rings. The molecule has 1 N–H and O–H groups in total. The molecular formula is C14H22ClN3O. The van der Waals surface area contributed by atoms with E-state index in [4.69, 9.17) is 16.3 Å². The van der Waals surface area contributed by atoms with E-state index < -0.39 is 0 Å². The molecule has 0 bridgehead atoms. The number of anilines is 1. The van der Waals surface area contributed by atoms with Gasteiger partial charge in [-0.15, -0.1) is 0 Å². The Morgan fingerprint density at radius 3 is 2.95 bits per heavy atom. The molecule has 0 atom stereocenters. The van der Waals surface area contributed by atoms with Gasteiger partial charge in [-0.25, -0.2) is 4.98 Å². The van der Waals surface area contributed by atoms with Crippen LogP contribution >= 0.6 is 11.6 Å². The molecule has 5 heteroatoms. The summed E-state index contributed by atoms with van der Waals surface area (Å²) in [5.41, 5.74) is 0.967. The fraction of sp³-hybridized carbons (Fsp3) is 0.643. The minimum atomic E-state index is -0.147. The number of halogens is 1. The molecular weight excluding hydrogens is 262 g/mol. The van der Waals surface area contributed by atoms with E-state index in [2.05, 4.69) is 36.0 Å². The van der Waals surface area contributed by atoms with Gasteiger partial charge in [0.15, 0.2) is 0 Å². The molecule has 19 heavy (non-hydrogen) atoms. The minimum absolute atomic E-state index is 0.147. The van der Waals surface area contributed by atoms with Gasteiger partial charge >= 0.3 is 0 Å². The Morgan fingerprint density at radius 1 is 1.53 bits per heavy atom. The number of rotatable bonds is 4. The van der Waals surface area contributed by atoms with E-state index in [1.165, 1.54) is 0 Å². The molecule has 0 aromatic carbocycles. The van der Waals surface area contributed by atoms with Gasteiger partial charge in [0.1, 0.15) is 5.82 Å². The molecule has 0 spiro atoms. The summed E-state index contributed by atoms with van der Waals surface area (Å²) in [4.78, 5) is 6.72. The van der Waals surface area contributed by atoms with E-state index in [0.717, 1.165) is 37.6 Å². The first-order chi connectivity index (χ1) is 9.02. The van der Waals surface area contributed by atoms with E-state index >= 15 is 0 Å². The van der Waals surface area contributed by atoms with Crippen LogP contribution < -0.4 is 10.2 Å². The van der Waals surface area contributed by atoms with Crippen molar-refractivity contribution in [3.05, 3.63) is 22.8 Å². The molecule has 2 rings (SSSR count). The van der Waals surface area contributed by atoms with Crippen LogP contribution in [0.5, 0.6) is 0 Å². The third kappa shape index (κ3) is 3.81. The molecule has 2 heterocycles. The number of ether oxygens (including phenoxy) is 1. The molecule has 0 radical (unpaired) electrons. The summed E-state index contributed by atoms with van der Waals surface area (Å²) in [6.45, 7) is 10.4. The van der Waals surface area contributed by atoms with Crippen molar-refractivity contribution in [2.24, 2.45) is 0 Å². The van der Waals surface area contributed by atoms with Crippen molar-refractivity contribution < 1.29 is 4.74 Å². The number of aromatic nitrogens is 1. The summed E-state index contributed by atoms with van der Waals surface area (Å²) in [6.07, 6.45) is 1.90. The predicted octanol–water partition coefficient (Wildman–Crippen LogP) is 2.46. The van der Waals surface area contributed by atoms with E-state index in [-0.39, 0.29) is 5.60 Å². The molecule has 0 unspecified atom stereocenters. The summed E-state index contributed by atoms with van der Waals surface area (Å²) < 4.78 is 5.71. The lowest BCUT2D eigenvalue weighted by atomic mass is 10.1. The molecule has 1 fully saturated rings. The van der Waals surface area contributed by atoms with Gasteiger partial charge in [0.2, 0.25) is 0 Å². The highest BCUT2D eigenvalue weighted by Gasteiger charge is 2.28. The summed E-state index contributed by atoms with van der Waals surface area (Å²) in [5.74, 6) is 0.860. The summed E-state index contributed by atoms with van der Waals surface area (Å²) in [5, 5.41) is 3.99. The standard InChI is InChI=1S/C14H22ClN3O/c1-4-16-8-11-7-12(15)13(17-9-11)18-5-6-19-14(2,3)10-18/h7,9,16H,4-6,8,10H2,1-3H3. The maximum atomic E-state index is 6.36. The number of nitrogens with one attached hydrogen (secondary N) is 1. The second kappa shape index (κ2) is 6.07. The predicted molar refractivity (Wildman–Crippen MR) is 78.9 cm³/mol. The normalized spacial score (nSPS) is 18.6. The monoisotopic (exact) mass is 283 g/mol. The number of morpholine rings is 1. The smallest absolute Gasteiger partial charge is 0.147 e. The molecule has 0 amide bonds. The lowest BCUT2D eigenvalue weighted by molar-refractivity contribution is -0.0279. The third-order valence-electron chi connectivity index (χ3n) is 3.18. The van der Waals surface area contributed by atoms with Crippen LogP contribution in [0.1, 0.15) is 26.3 Å². The van der Waals surface area contributed by atoms with E-state index in [9.17, 15) is 0 Å². The fourth-order valence-electron chi connectivity index (χ4n) is 2.27. The molecule has 106 valence electrons. The Bertz CT molecular complexity index is 437. The first-order valence-corrected chi connectivity index (χ1v) is 7.13. The largest absolute Gasteiger partial charge is 0.372 e. The van der Waals surface area contributed by atoms with Crippen LogP contribution in [-0.4, -0.2) is 36.8 Å². The molecule has 1 aromatic heterocycles. The van der Waals surface area contributed by atoms with E-state index in [1.54, 1.807) is 0 Å². The Labute approximate surface area is 120 Å². The van der Waals surface area contributed by atoms with Crippen molar-refractivity contribution in [2.75, 3.05) is 31.1 Å². The highest BCUT2D eigenvalue weighted by Crippen LogP contribution is 2.28. The topological polar surface area (TPSA) is 37.4 Å². The molecule has 0 aliphatic carbocycles. The van der Waals surface area contributed by atoms with Gasteiger partial charge < -0.3 is 15.0 Å². The van der Waals surface area contributed by atoms with Gasteiger partial charge in [0.05, 0.1) is 17.2 Å². The van der Waals surface area contributed by atoms with Crippen LogP contribution in [0, 0.1) is 0 Å². The van der Waals surface area contributed by atoms with Crippen LogP contribution in [0.15, 0.2) is 12.3 Å². The summed E-state index contributed by atoms with van der Waals surface area (Å²) in [7, 11) is 0. The number of pyridine rings is 1. The zero-order valence-corrected chi connectivity index (χ0v) is 12.6. The lowest BCUT2D eigenvalue weighted by Gasteiger charge is -2.39. The molecule has 1 aliphatic heterocycles. The second-order valence-corrected chi connectivity index (χ2v) is 5.87. The van der Waals surface area contributed by atoms with Crippen molar-refractivity contribution in [3.8, 4) is 0 Å². The van der Waals surface area contributed by atoms with Crippen molar-refractivity contribution >= 4 is 17.4 Å². The second-order valence-electron chi connectivity index (χ2n) is 5.46. The molecule has 0 saturated carbocycles. The lowest BCUT2D eigenvalue weighted by Crippen LogP contribution is -2.48. The maximum Gasteiger partial charge on any atom is 0.147 e. The first-order valence-electron chi connectivity index (χ1n) is 6.76. The van der Waals surface area contributed by atoms with Crippen molar-refractivity contribution in [3.63, 3.8) is 0 Å². The Hall–Kier alpha value is -0.840.